The number of benzene rings is 1. The lowest BCUT2D eigenvalue weighted by Crippen LogP contribution is -2.31. The summed E-state index contributed by atoms with van der Waals surface area (Å²) >= 11 is 3.32. The van der Waals surface area contributed by atoms with Gasteiger partial charge in [0.25, 0.3) is 0 Å². The Bertz CT molecular complexity index is 983. The largest absolute Gasteiger partial charge is 0.465 e. The van der Waals surface area contributed by atoms with Crippen LogP contribution in [0.4, 0.5) is 32.4 Å². The first-order chi connectivity index (χ1) is 13.7. The van der Waals surface area contributed by atoms with E-state index in [1.807, 2.05) is 0 Å². The van der Waals surface area contributed by atoms with Crippen molar-refractivity contribution in [2.24, 2.45) is 0 Å². The second kappa shape index (κ2) is 9.07. The molecule has 0 aliphatic rings. The predicted molar refractivity (Wildman–Crippen MR) is 106 cm³/mol. The van der Waals surface area contributed by atoms with Crippen molar-refractivity contribution in [2.45, 2.75) is 31.6 Å². The van der Waals surface area contributed by atoms with E-state index in [0.717, 1.165) is 0 Å². The Balaban J connectivity index is 2.54. The van der Waals surface area contributed by atoms with Crippen molar-refractivity contribution >= 4 is 56.7 Å². The molecule has 0 fully saturated rings. The molecule has 1 unspecified atom stereocenters. The van der Waals surface area contributed by atoms with Crippen LogP contribution in [0.3, 0.4) is 0 Å². The highest BCUT2D eigenvalue weighted by molar-refractivity contribution is 9.10. The van der Waals surface area contributed by atoms with Crippen LogP contribution in [0.2, 0.25) is 0 Å². The summed E-state index contributed by atoms with van der Waals surface area (Å²) in [5, 5.41) is 9.55. The van der Waals surface area contributed by atoms with Crippen molar-refractivity contribution in [1.82, 2.24) is 0 Å². The minimum atomic E-state index is -5.40. The molecule has 1 aromatic heterocycles. The summed E-state index contributed by atoms with van der Waals surface area (Å²) in [5.41, 5.74) is -4.41. The van der Waals surface area contributed by atoms with Gasteiger partial charge in [-0.3, -0.25) is 9.46 Å². The van der Waals surface area contributed by atoms with Gasteiger partial charge in [-0.15, -0.1) is 11.3 Å². The molecule has 2 rings (SSSR count). The first-order valence-corrected chi connectivity index (χ1v) is 11.6. The van der Waals surface area contributed by atoms with E-state index >= 15 is 0 Å². The maximum atomic E-state index is 14.7. The highest BCUT2D eigenvalue weighted by atomic mass is 79.9. The molecule has 0 radical (unpaired) electrons. The Morgan fingerprint density at radius 3 is 2.47 bits per heavy atom. The molecule has 30 heavy (non-hydrogen) atoms. The molecule has 6 nitrogen and oxygen atoms in total. The molecule has 1 amide bonds. The SMILES string of the molecule is CCOP(=O)(O)C(F)(F)c1sc2c(N(CCCC(F)(F)F)C(=O)O)cccc2c1Br. The topological polar surface area (TPSA) is 87.1 Å². The van der Waals surface area contributed by atoms with Crippen molar-refractivity contribution in [1.29, 1.82) is 0 Å². The highest BCUT2D eigenvalue weighted by Crippen LogP contribution is 2.66. The number of hydrogen-bond acceptors (Lipinski definition) is 4. The standard InChI is InChI=1S/C16H16BrF5NO5PS/c1-2-28-29(26,27)16(21,22)13-11(17)9-5-3-6-10(12(9)30-13)23(14(24)25)8-4-7-15(18,19)20/h3,5-6H,2,4,7-8H2,1H3,(H,24,25)(H,26,27). The van der Waals surface area contributed by atoms with Crippen molar-refractivity contribution < 1.29 is 45.8 Å². The third kappa shape index (κ3) is 5.13. The fourth-order valence-electron chi connectivity index (χ4n) is 2.62. The van der Waals surface area contributed by atoms with Gasteiger partial charge < -0.3 is 14.5 Å². The van der Waals surface area contributed by atoms with Crippen LogP contribution in [0, 0.1) is 0 Å². The molecule has 0 bridgehead atoms. The third-order valence-corrected chi connectivity index (χ3v) is 8.01. The molecular formula is C16H16BrF5NO5PS. The Morgan fingerprint density at radius 2 is 1.93 bits per heavy atom. The summed E-state index contributed by atoms with van der Waals surface area (Å²) < 4.78 is 82.8. The number of halogens is 6. The number of nitrogens with zero attached hydrogens (tertiary/aromatic N) is 1. The van der Waals surface area contributed by atoms with Gasteiger partial charge in [0.05, 0.1) is 17.0 Å². The van der Waals surface area contributed by atoms with Crippen molar-refractivity contribution in [3.63, 3.8) is 0 Å². The number of carbonyl (C=O) groups is 1. The second-order valence-electron chi connectivity index (χ2n) is 6.03. The van der Waals surface area contributed by atoms with Crippen LogP contribution in [0.15, 0.2) is 22.7 Å². The van der Waals surface area contributed by atoms with Crippen LogP contribution in [0.5, 0.6) is 0 Å². The Morgan fingerprint density at radius 1 is 1.30 bits per heavy atom. The van der Waals surface area contributed by atoms with E-state index in [4.69, 9.17) is 0 Å². The van der Waals surface area contributed by atoms with E-state index in [-0.39, 0.29) is 20.2 Å². The minimum Gasteiger partial charge on any atom is -0.465 e. The number of rotatable bonds is 8. The van der Waals surface area contributed by atoms with Gasteiger partial charge in [-0.1, -0.05) is 12.1 Å². The molecule has 0 saturated carbocycles. The van der Waals surface area contributed by atoms with Crippen LogP contribution < -0.4 is 4.90 Å². The van der Waals surface area contributed by atoms with E-state index in [2.05, 4.69) is 20.5 Å². The molecule has 0 spiro atoms. The fourth-order valence-corrected chi connectivity index (χ4v) is 6.18. The zero-order valence-corrected chi connectivity index (χ0v) is 18.5. The normalized spacial score (nSPS) is 14.7. The van der Waals surface area contributed by atoms with E-state index < -0.39 is 56.4 Å². The molecule has 1 atom stereocenters. The summed E-state index contributed by atoms with van der Waals surface area (Å²) in [6.07, 6.45) is -7.78. The van der Waals surface area contributed by atoms with Gasteiger partial charge in [0.2, 0.25) is 0 Å². The first kappa shape index (κ1) is 25.0. The Hall–Kier alpha value is -1.27. The lowest BCUT2D eigenvalue weighted by Gasteiger charge is -2.21. The Labute approximate surface area is 179 Å². The summed E-state index contributed by atoms with van der Waals surface area (Å²) in [5.74, 6) is 0. The molecular weight excluding hydrogens is 524 g/mol. The molecule has 0 saturated heterocycles. The second-order valence-corrected chi connectivity index (χ2v) is 9.71. The number of amides is 1. The van der Waals surface area contributed by atoms with Gasteiger partial charge in [-0.05, 0) is 35.3 Å². The van der Waals surface area contributed by atoms with Crippen molar-refractivity contribution in [3.8, 4) is 0 Å². The number of alkyl halides is 5. The van der Waals surface area contributed by atoms with Crippen LogP contribution >= 0.6 is 34.9 Å². The van der Waals surface area contributed by atoms with Gasteiger partial charge in [-0.25, -0.2) is 4.79 Å². The van der Waals surface area contributed by atoms with E-state index in [9.17, 15) is 41.3 Å². The van der Waals surface area contributed by atoms with Crippen LogP contribution in [-0.4, -0.2) is 35.4 Å². The van der Waals surface area contributed by atoms with E-state index in [1.54, 1.807) is 0 Å². The zero-order valence-electron chi connectivity index (χ0n) is 15.3. The monoisotopic (exact) mass is 539 g/mol. The van der Waals surface area contributed by atoms with Gasteiger partial charge >= 0.3 is 25.5 Å². The molecule has 2 aromatic rings. The average molecular weight is 540 g/mol. The summed E-state index contributed by atoms with van der Waals surface area (Å²) in [7, 11) is -5.40. The van der Waals surface area contributed by atoms with Crippen LogP contribution in [0.25, 0.3) is 10.1 Å². The molecule has 0 aliphatic carbocycles. The quantitative estimate of drug-likeness (QED) is 0.286. The number of fused-ring (bicyclic) bond motifs is 1. The number of thiophene rings is 1. The van der Waals surface area contributed by atoms with Gasteiger partial charge in [0.1, 0.15) is 4.88 Å². The lowest BCUT2D eigenvalue weighted by molar-refractivity contribution is -0.135. The van der Waals surface area contributed by atoms with E-state index in [1.165, 1.54) is 25.1 Å². The Kier molecular flexibility index (Phi) is 7.56. The zero-order chi connectivity index (χ0) is 22.9. The maximum absolute atomic E-state index is 14.7. The van der Waals surface area contributed by atoms with Gasteiger partial charge in [0, 0.05) is 22.8 Å². The molecule has 1 heterocycles. The summed E-state index contributed by atoms with van der Waals surface area (Å²) in [4.78, 5) is 21.0. The maximum Gasteiger partial charge on any atom is 0.411 e. The average Bonchev–Trinajstić information content (AvgIpc) is 2.95. The third-order valence-electron chi connectivity index (χ3n) is 3.93. The van der Waals surface area contributed by atoms with Crippen LogP contribution in [0.1, 0.15) is 24.6 Å². The molecule has 14 heteroatoms. The fraction of sp³-hybridized carbons (Fsp3) is 0.438. The van der Waals surface area contributed by atoms with Gasteiger partial charge in [0.15, 0.2) is 0 Å². The van der Waals surface area contributed by atoms with Crippen molar-refractivity contribution in [2.75, 3.05) is 18.1 Å². The number of carboxylic acid groups (broad SMARTS) is 1. The summed E-state index contributed by atoms with van der Waals surface area (Å²) in [6.45, 7) is 0.304. The number of hydrogen-bond donors (Lipinski definition) is 2. The highest BCUT2D eigenvalue weighted by Gasteiger charge is 2.55. The lowest BCUT2D eigenvalue weighted by atomic mass is 10.2. The molecule has 0 aliphatic heterocycles. The molecule has 2 N–H and O–H groups in total. The smallest absolute Gasteiger partial charge is 0.411 e. The van der Waals surface area contributed by atoms with Crippen molar-refractivity contribution in [3.05, 3.63) is 27.5 Å². The molecule has 168 valence electrons. The number of anilines is 1. The molecule has 1 aromatic carbocycles. The van der Waals surface area contributed by atoms with E-state index in [0.29, 0.717) is 16.2 Å². The van der Waals surface area contributed by atoms with Gasteiger partial charge in [-0.2, -0.15) is 22.0 Å². The van der Waals surface area contributed by atoms with Crippen LogP contribution in [-0.2, 0) is 14.8 Å². The predicted octanol–water partition coefficient (Wildman–Crippen LogP) is 6.76. The first-order valence-electron chi connectivity index (χ1n) is 8.37. The summed E-state index contributed by atoms with van der Waals surface area (Å²) in [6, 6.07) is 3.98. The minimum absolute atomic E-state index is 0.00459.